The van der Waals surface area contributed by atoms with E-state index in [1.165, 1.54) is 0 Å². The van der Waals surface area contributed by atoms with Gasteiger partial charge in [-0.3, -0.25) is 4.68 Å². The Labute approximate surface area is 131 Å². The van der Waals surface area contributed by atoms with Crippen LogP contribution in [0.3, 0.4) is 0 Å². The first-order chi connectivity index (χ1) is 10.2. The lowest BCUT2D eigenvalue weighted by Crippen LogP contribution is -2.29. The molecule has 0 amide bonds. The molecular formula is C16H22ClN3O. The lowest BCUT2D eigenvalue weighted by atomic mass is 10.2. The molecule has 0 aliphatic rings. The number of hydrogen-bond acceptors (Lipinski definition) is 3. The maximum absolute atomic E-state index is 5.88. The minimum atomic E-state index is 0.125. The second-order valence-electron chi connectivity index (χ2n) is 4.85. The van der Waals surface area contributed by atoms with E-state index in [0.29, 0.717) is 11.6 Å². The molecule has 114 valence electrons. The van der Waals surface area contributed by atoms with Crippen molar-refractivity contribution in [1.82, 2.24) is 15.1 Å². The van der Waals surface area contributed by atoms with Crippen LogP contribution < -0.4 is 10.1 Å². The second-order valence-corrected chi connectivity index (χ2v) is 5.29. The van der Waals surface area contributed by atoms with Crippen molar-refractivity contribution in [2.24, 2.45) is 0 Å². The summed E-state index contributed by atoms with van der Waals surface area (Å²) in [6.45, 7) is 6.61. The molecule has 0 bridgehead atoms. The van der Waals surface area contributed by atoms with Gasteiger partial charge in [0, 0.05) is 17.8 Å². The van der Waals surface area contributed by atoms with Crippen LogP contribution in [0.4, 0.5) is 0 Å². The Morgan fingerprint density at radius 2 is 2.00 bits per heavy atom. The van der Waals surface area contributed by atoms with Gasteiger partial charge in [-0.2, -0.15) is 5.10 Å². The van der Waals surface area contributed by atoms with Gasteiger partial charge in [-0.25, -0.2) is 0 Å². The molecule has 1 atom stereocenters. The van der Waals surface area contributed by atoms with Gasteiger partial charge in [-0.05, 0) is 43.3 Å². The van der Waals surface area contributed by atoms with Gasteiger partial charge < -0.3 is 10.1 Å². The van der Waals surface area contributed by atoms with Crippen LogP contribution in [0.25, 0.3) is 0 Å². The fourth-order valence-electron chi connectivity index (χ4n) is 2.24. The van der Waals surface area contributed by atoms with E-state index in [1.54, 1.807) is 0 Å². The van der Waals surface area contributed by atoms with E-state index >= 15 is 0 Å². The van der Waals surface area contributed by atoms with Crippen molar-refractivity contribution < 1.29 is 4.74 Å². The molecule has 2 aromatic rings. The second kappa shape index (κ2) is 8.05. The van der Waals surface area contributed by atoms with Crippen molar-refractivity contribution in [2.75, 3.05) is 13.2 Å². The Morgan fingerprint density at radius 3 is 2.67 bits per heavy atom. The fraction of sp³-hybridized carbons (Fsp3) is 0.438. The van der Waals surface area contributed by atoms with E-state index in [9.17, 15) is 0 Å². The monoisotopic (exact) mass is 307 g/mol. The molecule has 1 aromatic heterocycles. The maximum atomic E-state index is 5.88. The van der Waals surface area contributed by atoms with E-state index in [2.05, 4.69) is 24.3 Å². The first kappa shape index (κ1) is 15.9. The molecule has 0 aliphatic carbocycles. The summed E-state index contributed by atoms with van der Waals surface area (Å²) in [4.78, 5) is 0. The molecule has 2 rings (SSSR count). The molecule has 0 spiro atoms. The Hall–Kier alpha value is -1.52. The van der Waals surface area contributed by atoms with E-state index in [1.807, 2.05) is 41.2 Å². The van der Waals surface area contributed by atoms with Crippen molar-refractivity contribution in [3.8, 4) is 5.75 Å². The number of nitrogens with zero attached hydrogens (tertiary/aromatic N) is 2. The number of rotatable bonds is 8. The molecule has 21 heavy (non-hydrogen) atoms. The highest BCUT2D eigenvalue weighted by Gasteiger charge is 2.15. The largest absolute Gasteiger partial charge is 0.492 e. The van der Waals surface area contributed by atoms with Gasteiger partial charge in [-0.15, -0.1) is 0 Å². The number of benzene rings is 1. The van der Waals surface area contributed by atoms with Gasteiger partial charge in [0.15, 0.2) is 0 Å². The summed E-state index contributed by atoms with van der Waals surface area (Å²) in [6, 6.07) is 9.61. The Bertz CT molecular complexity index is 539. The molecule has 5 heteroatoms. The fourth-order valence-corrected chi connectivity index (χ4v) is 2.37. The number of ether oxygens (including phenoxy) is 1. The number of halogens is 1. The molecule has 0 saturated carbocycles. The zero-order valence-corrected chi connectivity index (χ0v) is 13.3. The van der Waals surface area contributed by atoms with Crippen LogP contribution in [0.15, 0.2) is 36.5 Å². The summed E-state index contributed by atoms with van der Waals surface area (Å²) >= 11 is 5.88. The molecule has 1 heterocycles. The quantitative estimate of drug-likeness (QED) is 0.808. The maximum Gasteiger partial charge on any atom is 0.119 e. The third-order valence-electron chi connectivity index (χ3n) is 3.22. The highest BCUT2D eigenvalue weighted by atomic mass is 35.5. The number of nitrogens with one attached hydrogen (secondary N) is 1. The van der Waals surface area contributed by atoms with Crippen LogP contribution in [-0.4, -0.2) is 22.9 Å². The summed E-state index contributed by atoms with van der Waals surface area (Å²) in [5.41, 5.74) is 1.16. The highest BCUT2D eigenvalue weighted by Crippen LogP contribution is 2.19. The average Bonchev–Trinajstić information content (AvgIpc) is 2.94. The number of aryl methyl sites for hydroxylation is 1. The summed E-state index contributed by atoms with van der Waals surface area (Å²) in [6.07, 6.45) is 2.91. The van der Waals surface area contributed by atoms with Gasteiger partial charge in [0.2, 0.25) is 0 Å². The minimum Gasteiger partial charge on any atom is -0.492 e. The van der Waals surface area contributed by atoms with Gasteiger partial charge in [0.05, 0.1) is 11.7 Å². The van der Waals surface area contributed by atoms with Crippen molar-refractivity contribution in [1.29, 1.82) is 0 Å². The molecule has 1 aromatic carbocycles. The number of hydrogen-bond donors (Lipinski definition) is 1. The van der Waals surface area contributed by atoms with Crippen LogP contribution in [-0.2, 0) is 6.54 Å². The predicted octanol–water partition coefficient (Wildman–Crippen LogP) is 3.68. The summed E-state index contributed by atoms with van der Waals surface area (Å²) in [5, 5.41) is 8.55. The summed E-state index contributed by atoms with van der Waals surface area (Å²) in [5.74, 6) is 0.823. The average molecular weight is 308 g/mol. The molecular weight excluding hydrogens is 286 g/mol. The summed E-state index contributed by atoms with van der Waals surface area (Å²) in [7, 11) is 0. The van der Waals surface area contributed by atoms with Crippen LogP contribution in [0.2, 0.25) is 5.02 Å². The van der Waals surface area contributed by atoms with Gasteiger partial charge >= 0.3 is 0 Å². The minimum absolute atomic E-state index is 0.125. The summed E-state index contributed by atoms with van der Waals surface area (Å²) < 4.78 is 7.91. The van der Waals surface area contributed by atoms with E-state index in [4.69, 9.17) is 16.3 Å². The molecule has 1 unspecified atom stereocenters. The van der Waals surface area contributed by atoms with Crippen LogP contribution >= 0.6 is 11.6 Å². The van der Waals surface area contributed by atoms with E-state index in [0.717, 1.165) is 31.0 Å². The molecule has 0 aliphatic heterocycles. The number of likely N-dealkylation sites (N-methyl/N-ethyl adjacent to an activating group) is 1. The lowest BCUT2D eigenvalue weighted by Gasteiger charge is -2.20. The van der Waals surface area contributed by atoms with Crippen molar-refractivity contribution in [3.05, 3.63) is 47.2 Å². The van der Waals surface area contributed by atoms with Gasteiger partial charge in [-0.1, -0.05) is 25.4 Å². The zero-order chi connectivity index (χ0) is 15.1. The molecule has 0 fully saturated rings. The highest BCUT2D eigenvalue weighted by molar-refractivity contribution is 6.30. The SMILES string of the molecule is CCCn1nccc1C(COc1ccc(Cl)cc1)NCC. The van der Waals surface area contributed by atoms with Crippen molar-refractivity contribution in [3.63, 3.8) is 0 Å². The molecule has 4 nitrogen and oxygen atoms in total. The third-order valence-corrected chi connectivity index (χ3v) is 3.47. The zero-order valence-electron chi connectivity index (χ0n) is 12.6. The number of aromatic nitrogens is 2. The predicted molar refractivity (Wildman–Crippen MR) is 85.9 cm³/mol. The van der Waals surface area contributed by atoms with Gasteiger partial charge in [0.25, 0.3) is 0 Å². The molecule has 0 saturated heterocycles. The van der Waals surface area contributed by atoms with Crippen molar-refractivity contribution in [2.45, 2.75) is 32.9 Å². The topological polar surface area (TPSA) is 39.1 Å². The van der Waals surface area contributed by atoms with Crippen LogP contribution in [0, 0.1) is 0 Å². The van der Waals surface area contributed by atoms with Crippen molar-refractivity contribution >= 4 is 11.6 Å². The van der Waals surface area contributed by atoms with Gasteiger partial charge in [0.1, 0.15) is 12.4 Å². The Morgan fingerprint density at radius 1 is 1.24 bits per heavy atom. The van der Waals surface area contributed by atoms with Crippen LogP contribution in [0.1, 0.15) is 32.0 Å². The Balaban J connectivity index is 2.04. The third kappa shape index (κ3) is 4.48. The normalized spacial score (nSPS) is 12.3. The first-order valence-electron chi connectivity index (χ1n) is 7.38. The van der Waals surface area contributed by atoms with E-state index in [-0.39, 0.29) is 6.04 Å². The standard InChI is InChI=1S/C16H22ClN3O/c1-3-11-20-16(9-10-19-20)15(18-4-2)12-21-14-7-5-13(17)6-8-14/h5-10,15,18H,3-4,11-12H2,1-2H3. The van der Waals surface area contributed by atoms with E-state index < -0.39 is 0 Å². The van der Waals surface area contributed by atoms with Crippen LogP contribution in [0.5, 0.6) is 5.75 Å². The Kier molecular flexibility index (Phi) is 6.08. The molecule has 0 radical (unpaired) electrons. The lowest BCUT2D eigenvalue weighted by molar-refractivity contribution is 0.260. The first-order valence-corrected chi connectivity index (χ1v) is 7.75. The molecule has 1 N–H and O–H groups in total. The smallest absolute Gasteiger partial charge is 0.119 e.